The van der Waals surface area contributed by atoms with Gasteiger partial charge in [-0.15, -0.1) is 0 Å². The van der Waals surface area contributed by atoms with Crippen LogP contribution in [-0.2, 0) is 17.8 Å². The van der Waals surface area contributed by atoms with Crippen molar-refractivity contribution in [1.29, 1.82) is 0 Å². The van der Waals surface area contributed by atoms with Gasteiger partial charge in [0.2, 0.25) is 0 Å². The Kier molecular flexibility index (Phi) is 7.44. The molecule has 0 spiro atoms. The maximum Gasteiger partial charge on any atom is 0.265 e. The minimum Gasteiger partial charge on any atom is -0.481 e. The smallest absolute Gasteiger partial charge is 0.265 e. The number of ether oxygens (including phenoxy) is 1. The van der Waals surface area contributed by atoms with Crippen LogP contribution >= 0.6 is 0 Å². The van der Waals surface area contributed by atoms with E-state index < -0.39 is 6.10 Å². The van der Waals surface area contributed by atoms with E-state index >= 15 is 0 Å². The fourth-order valence-corrected chi connectivity index (χ4v) is 3.21. The second-order valence-corrected chi connectivity index (χ2v) is 7.44. The molecule has 0 radical (unpaired) electrons. The van der Waals surface area contributed by atoms with Gasteiger partial charge in [-0.2, -0.15) is 0 Å². The maximum atomic E-state index is 13.0. The van der Waals surface area contributed by atoms with Crippen molar-refractivity contribution in [2.24, 2.45) is 0 Å². The second-order valence-electron chi connectivity index (χ2n) is 7.44. The standard InChI is InChI=1S/C26H28N2O3/c1-4-20-14-16-22(17-15-20)31-19(2)25(29)27-24-13-9-8-12-23(24)26(30)28(3)18-21-10-6-5-7-11-21/h5-17,19H,4,18H2,1-3H3,(H,27,29). The van der Waals surface area contributed by atoms with Gasteiger partial charge in [-0.1, -0.05) is 61.5 Å². The van der Waals surface area contributed by atoms with Crippen molar-refractivity contribution in [3.8, 4) is 5.75 Å². The van der Waals surface area contributed by atoms with Gasteiger partial charge in [-0.05, 0) is 48.7 Å². The van der Waals surface area contributed by atoms with Crippen molar-refractivity contribution >= 4 is 17.5 Å². The summed E-state index contributed by atoms with van der Waals surface area (Å²) >= 11 is 0. The number of nitrogens with zero attached hydrogens (tertiary/aromatic N) is 1. The third kappa shape index (κ3) is 5.95. The van der Waals surface area contributed by atoms with Gasteiger partial charge in [0.05, 0.1) is 11.3 Å². The van der Waals surface area contributed by atoms with Gasteiger partial charge < -0.3 is 15.0 Å². The number of benzene rings is 3. The number of hydrogen-bond donors (Lipinski definition) is 1. The first kappa shape index (κ1) is 22.1. The average molecular weight is 417 g/mol. The van der Waals surface area contributed by atoms with Crippen molar-refractivity contribution in [1.82, 2.24) is 4.90 Å². The minimum atomic E-state index is -0.710. The zero-order chi connectivity index (χ0) is 22.2. The van der Waals surface area contributed by atoms with Crippen LogP contribution in [0.2, 0.25) is 0 Å². The molecular weight excluding hydrogens is 388 g/mol. The van der Waals surface area contributed by atoms with Crippen molar-refractivity contribution in [2.45, 2.75) is 32.9 Å². The lowest BCUT2D eigenvalue weighted by molar-refractivity contribution is -0.122. The van der Waals surface area contributed by atoms with E-state index in [1.807, 2.05) is 54.6 Å². The fourth-order valence-electron chi connectivity index (χ4n) is 3.21. The van der Waals surface area contributed by atoms with Crippen molar-refractivity contribution in [3.63, 3.8) is 0 Å². The van der Waals surface area contributed by atoms with Crippen LogP contribution in [0.4, 0.5) is 5.69 Å². The van der Waals surface area contributed by atoms with Crippen molar-refractivity contribution < 1.29 is 14.3 Å². The van der Waals surface area contributed by atoms with Crippen LogP contribution in [0, 0.1) is 0 Å². The molecule has 0 saturated heterocycles. The highest BCUT2D eigenvalue weighted by atomic mass is 16.5. The SMILES string of the molecule is CCc1ccc(OC(C)C(=O)Nc2ccccc2C(=O)N(C)Cc2ccccc2)cc1. The minimum absolute atomic E-state index is 0.163. The summed E-state index contributed by atoms with van der Waals surface area (Å²) in [6.45, 7) is 4.26. The van der Waals surface area contributed by atoms with E-state index in [-0.39, 0.29) is 11.8 Å². The highest BCUT2D eigenvalue weighted by molar-refractivity contribution is 6.04. The van der Waals surface area contributed by atoms with Crippen molar-refractivity contribution in [2.75, 3.05) is 12.4 Å². The first-order chi connectivity index (χ1) is 15.0. The maximum absolute atomic E-state index is 13.0. The number of amides is 2. The summed E-state index contributed by atoms with van der Waals surface area (Å²) in [4.78, 5) is 27.4. The number of para-hydroxylation sites is 1. The molecule has 5 nitrogen and oxygen atoms in total. The number of carbonyl (C=O) groups is 2. The van der Waals surface area contributed by atoms with Crippen LogP contribution in [0.15, 0.2) is 78.9 Å². The Morgan fingerprint density at radius 2 is 1.55 bits per heavy atom. The Balaban J connectivity index is 1.67. The molecule has 0 aliphatic rings. The van der Waals surface area contributed by atoms with E-state index in [0.29, 0.717) is 23.5 Å². The molecule has 0 aliphatic carbocycles. The molecule has 0 fully saturated rings. The van der Waals surface area contributed by atoms with E-state index in [0.717, 1.165) is 12.0 Å². The monoisotopic (exact) mass is 416 g/mol. The number of hydrogen-bond acceptors (Lipinski definition) is 3. The molecule has 0 saturated carbocycles. The van der Waals surface area contributed by atoms with Gasteiger partial charge in [0.15, 0.2) is 6.10 Å². The summed E-state index contributed by atoms with van der Waals surface area (Å²) < 4.78 is 5.77. The van der Waals surface area contributed by atoms with Gasteiger partial charge in [0, 0.05) is 13.6 Å². The van der Waals surface area contributed by atoms with Crippen LogP contribution in [0.1, 0.15) is 35.3 Å². The normalized spacial score (nSPS) is 11.5. The zero-order valence-corrected chi connectivity index (χ0v) is 18.2. The molecule has 1 N–H and O–H groups in total. The van der Waals surface area contributed by atoms with Crippen molar-refractivity contribution in [3.05, 3.63) is 95.6 Å². The number of nitrogens with one attached hydrogen (secondary N) is 1. The first-order valence-corrected chi connectivity index (χ1v) is 10.4. The molecule has 0 bridgehead atoms. The number of anilines is 1. The molecule has 0 aliphatic heterocycles. The van der Waals surface area contributed by atoms with Crippen LogP contribution in [0.3, 0.4) is 0 Å². The van der Waals surface area contributed by atoms with Gasteiger partial charge in [0.1, 0.15) is 5.75 Å². The number of carbonyl (C=O) groups excluding carboxylic acids is 2. The fraction of sp³-hybridized carbons (Fsp3) is 0.231. The molecule has 0 aromatic heterocycles. The first-order valence-electron chi connectivity index (χ1n) is 10.4. The molecule has 5 heteroatoms. The summed E-state index contributed by atoms with van der Waals surface area (Å²) in [5.41, 5.74) is 3.15. The summed E-state index contributed by atoms with van der Waals surface area (Å²) in [5.74, 6) is 0.154. The van der Waals surface area contributed by atoms with E-state index in [1.54, 1.807) is 43.1 Å². The summed E-state index contributed by atoms with van der Waals surface area (Å²) in [6, 6.07) is 24.5. The molecule has 1 atom stereocenters. The molecule has 1 unspecified atom stereocenters. The lowest BCUT2D eigenvalue weighted by Crippen LogP contribution is -2.32. The second kappa shape index (κ2) is 10.4. The summed E-state index contributed by atoms with van der Waals surface area (Å²) in [6.07, 6.45) is 0.234. The van der Waals surface area contributed by atoms with Crippen LogP contribution in [-0.4, -0.2) is 29.9 Å². The Morgan fingerprint density at radius 1 is 0.903 bits per heavy atom. The number of rotatable bonds is 8. The van der Waals surface area contributed by atoms with Crippen LogP contribution in [0.25, 0.3) is 0 Å². The lowest BCUT2D eigenvalue weighted by atomic mass is 10.1. The Labute approximate surface area is 183 Å². The van der Waals surface area contributed by atoms with Gasteiger partial charge in [-0.3, -0.25) is 9.59 Å². The molecule has 3 rings (SSSR count). The van der Waals surface area contributed by atoms with E-state index in [2.05, 4.69) is 12.2 Å². The summed E-state index contributed by atoms with van der Waals surface area (Å²) in [7, 11) is 1.75. The van der Waals surface area contributed by atoms with Gasteiger partial charge >= 0.3 is 0 Å². The Hall–Kier alpha value is -3.60. The molecule has 160 valence electrons. The average Bonchev–Trinajstić information content (AvgIpc) is 2.80. The highest BCUT2D eigenvalue weighted by Gasteiger charge is 2.20. The van der Waals surface area contributed by atoms with Crippen LogP contribution < -0.4 is 10.1 Å². The molecule has 31 heavy (non-hydrogen) atoms. The molecule has 3 aromatic rings. The van der Waals surface area contributed by atoms with E-state index in [9.17, 15) is 9.59 Å². The quantitative estimate of drug-likeness (QED) is 0.567. The van der Waals surface area contributed by atoms with E-state index in [4.69, 9.17) is 4.74 Å². The predicted molar refractivity (Wildman–Crippen MR) is 123 cm³/mol. The molecule has 3 aromatic carbocycles. The largest absolute Gasteiger partial charge is 0.481 e. The molecule has 2 amide bonds. The lowest BCUT2D eigenvalue weighted by Gasteiger charge is -2.20. The molecular formula is C26H28N2O3. The molecule has 0 heterocycles. The van der Waals surface area contributed by atoms with Crippen LogP contribution in [0.5, 0.6) is 5.75 Å². The third-order valence-corrected chi connectivity index (χ3v) is 5.04. The highest BCUT2D eigenvalue weighted by Crippen LogP contribution is 2.20. The predicted octanol–water partition coefficient (Wildman–Crippen LogP) is 4.93. The van der Waals surface area contributed by atoms with Gasteiger partial charge in [0.25, 0.3) is 11.8 Å². The van der Waals surface area contributed by atoms with Gasteiger partial charge in [-0.25, -0.2) is 0 Å². The Bertz CT molecular complexity index is 1020. The Morgan fingerprint density at radius 3 is 2.23 bits per heavy atom. The summed E-state index contributed by atoms with van der Waals surface area (Å²) in [5, 5.41) is 2.84. The number of aryl methyl sites for hydroxylation is 1. The van der Waals surface area contributed by atoms with E-state index in [1.165, 1.54) is 5.56 Å². The topological polar surface area (TPSA) is 58.6 Å². The third-order valence-electron chi connectivity index (χ3n) is 5.04. The zero-order valence-electron chi connectivity index (χ0n) is 18.2.